The van der Waals surface area contributed by atoms with E-state index in [-0.39, 0.29) is 24.2 Å². The fraction of sp³-hybridized carbons (Fsp3) is 0.581. The molecule has 12 heteroatoms. The second kappa shape index (κ2) is 12.1. The van der Waals surface area contributed by atoms with E-state index in [0.29, 0.717) is 41.1 Å². The van der Waals surface area contributed by atoms with E-state index in [2.05, 4.69) is 20.4 Å². The number of carbonyl (C=O) groups excluding carboxylic acids is 2. The number of pyridine rings is 1. The molecule has 2 aliphatic carbocycles. The standard InChI is InChI=1S/C31H42N6O6/c1-30(2,3)43-29(40)36(15-19-6-7-19)25-14-21(12-13-32-25)28-34-24(18-42-28)27(39)33-23-16-37(35-26(23)31(4,5)41)22-10-8-20(17-38)9-11-22/h12-14,16,18-20,22,38,41H,6-11,15,17H2,1-5H3,(H,33,39). The van der Waals surface area contributed by atoms with E-state index >= 15 is 0 Å². The first-order chi connectivity index (χ1) is 20.3. The van der Waals surface area contributed by atoms with Crippen molar-refractivity contribution in [2.45, 2.75) is 90.4 Å². The quantitative estimate of drug-likeness (QED) is 0.300. The average molecular weight is 595 g/mol. The first-order valence-electron chi connectivity index (χ1n) is 15.0. The Morgan fingerprint density at radius 2 is 1.81 bits per heavy atom. The molecule has 0 aromatic carbocycles. The maximum absolute atomic E-state index is 13.3. The molecule has 3 heterocycles. The van der Waals surface area contributed by atoms with Crippen molar-refractivity contribution < 1.29 is 29.0 Å². The summed E-state index contributed by atoms with van der Waals surface area (Å²) in [6, 6.07) is 3.51. The molecule has 0 aliphatic heterocycles. The van der Waals surface area contributed by atoms with Gasteiger partial charge in [-0.25, -0.2) is 14.8 Å². The highest BCUT2D eigenvalue weighted by Crippen LogP contribution is 2.35. The summed E-state index contributed by atoms with van der Waals surface area (Å²) in [6.07, 6.45) is 9.73. The number of ether oxygens (including phenoxy) is 1. The van der Waals surface area contributed by atoms with Crippen molar-refractivity contribution in [1.82, 2.24) is 19.7 Å². The zero-order valence-electron chi connectivity index (χ0n) is 25.5. The minimum absolute atomic E-state index is 0.0493. The third-order valence-corrected chi connectivity index (χ3v) is 7.77. The molecule has 0 bridgehead atoms. The van der Waals surface area contributed by atoms with Crippen LogP contribution < -0.4 is 10.2 Å². The Hall–Kier alpha value is -3.77. The largest absolute Gasteiger partial charge is 0.444 e. The van der Waals surface area contributed by atoms with Crippen molar-refractivity contribution in [3.8, 4) is 11.5 Å². The van der Waals surface area contributed by atoms with Crippen LogP contribution in [-0.2, 0) is 10.3 Å². The van der Waals surface area contributed by atoms with Gasteiger partial charge in [0, 0.05) is 31.1 Å². The molecule has 3 aromatic rings. The Morgan fingerprint density at radius 3 is 2.44 bits per heavy atom. The van der Waals surface area contributed by atoms with Gasteiger partial charge in [0.2, 0.25) is 5.89 Å². The highest BCUT2D eigenvalue weighted by molar-refractivity contribution is 6.03. The maximum atomic E-state index is 13.3. The summed E-state index contributed by atoms with van der Waals surface area (Å²) in [6.45, 7) is 9.40. The Bertz CT molecular complexity index is 1440. The number of nitrogens with zero attached hydrogens (tertiary/aromatic N) is 5. The monoisotopic (exact) mass is 594 g/mol. The molecule has 0 radical (unpaired) electrons. The Kier molecular flexibility index (Phi) is 8.62. The molecule has 0 atom stereocenters. The van der Waals surface area contributed by atoms with Gasteiger partial charge in [0.1, 0.15) is 29.0 Å². The van der Waals surface area contributed by atoms with E-state index < -0.39 is 23.2 Å². The molecule has 3 aromatic heterocycles. The maximum Gasteiger partial charge on any atom is 0.416 e. The first kappa shape index (κ1) is 30.7. The molecule has 0 unspecified atom stereocenters. The van der Waals surface area contributed by atoms with Crippen molar-refractivity contribution in [2.24, 2.45) is 11.8 Å². The SMILES string of the molecule is CC(C)(C)OC(=O)N(CC1CC1)c1cc(-c2nc(C(=O)Nc3cn(C4CCC(CO)CC4)nc3C(C)(C)O)co2)ccn1. The molecule has 12 nitrogen and oxygen atoms in total. The van der Waals surface area contributed by atoms with Crippen LogP contribution in [0, 0.1) is 11.8 Å². The predicted octanol–water partition coefficient (Wildman–Crippen LogP) is 5.29. The van der Waals surface area contributed by atoms with Crippen molar-refractivity contribution >= 4 is 23.5 Å². The van der Waals surface area contributed by atoms with Crippen LogP contribution in [-0.4, -0.2) is 60.7 Å². The minimum atomic E-state index is -1.29. The second-order valence-electron chi connectivity index (χ2n) is 13.2. The fourth-order valence-corrected chi connectivity index (χ4v) is 5.25. The van der Waals surface area contributed by atoms with Crippen LogP contribution in [0.15, 0.2) is 35.2 Å². The van der Waals surface area contributed by atoms with E-state index in [0.717, 1.165) is 38.5 Å². The lowest BCUT2D eigenvalue weighted by Crippen LogP contribution is -2.38. The number of rotatable bonds is 9. The van der Waals surface area contributed by atoms with Gasteiger partial charge in [0.05, 0.1) is 11.7 Å². The number of oxazole rings is 1. The molecule has 2 aliphatic rings. The first-order valence-corrected chi connectivity index (χ1v) is 15.0. The summed E-state index contributed by atoms with van der Waals surface area (Å²) in [5.74, 6) is 0.809. The van der Waals surface area contributed by atoms with E-state index in [1.165, 1.54) is 11.2 Å². The molecule has 0 saturated heterocycles. The van der Waals surface area contributed by atoms with Crippen LogP contribution in [0.2, 0.25) is 0 Å². The zero-order chi connectivity index (χ0) is 30.9. The fourth-order valence-electron chi connectivity index (χ4n) is 5.25. The number of hydrogen-bond donors (Lipinski definition) is 3. The summed E-state index contributed by atoms with van der Waals surface area (Å²) in [5.41, 5.74) is -0.595. The molecular formula is C31H42N6O6. The molecule has 2 amide bonds. The summed E-state index contributed by atoms with van der Waals surface area (Å²) in [5, 5.41) is 27.8. The molecule has 232 valence electrons. The summed E-state index contributed by atoms with van der Waals surface area (Å²) in [4.78, 5) is 36.6. The van der Waals surface area contributed by atoms with E-state index in [1.807, 2.05) is 20.8 Å². The number of amides is 2. The average Bonchev–Trinajstić information content (AvgIpc) is 3.44. The smallest absolute Gasteiger partial charge is 0.416 e. The van der Waals surface area contributed by atoms with Crippen LogP contribution in [0.1, 0.15) is 95.4 Å². The van der Waals surface area contributed by atoms with E-state index in [1.54, 1.807) is 43.1 Å². The lowest BCUT2D eigenvalue weighted by atomic mass is 9.87. The van der Waals surface area contributed by atoms with Crippen LogP contribution in [0.5, 0.6) is 0 Å². The predicted molar refractivity (Wildman–Crippen MR) is 160 cm³/mol. The van der Waals surface area contributed by atoms with Crippen LogP contribution in [0.4, 0.5) is 16.3 Å². The molecule has 2 saturated carbocycles. The van der Waals surface area contributed by atoms with Gasteiger partial charge in [0.25, 0.3) is 5.91 Å². The van der Waals surface area contributed by atoms with Gasteiger partial charge in [-0.2, -0.15) is 5.10 Å². The summed E-state index contributed by atoms with van der Waals surface area (Å²) >= 11 is 0. The van der Waals surface area contributed by atoms with Gasteiger partial charge < -0.3 is 24.7 Å². The van der Waals surface area contributed by atoms with Crippen molar-refractivity contribution in [2.75, 3.05) is 23.4 Å². The molecule has 2 fully saturated rings. The molecule has 3 N–H and O–H groups in total. The number of aliphatic hydroxyl groups is 2. The second-order valence-corrected chi connectivity index (χ2v) is 13.2. The third-order valence-electron chi connectivity index (χ3n) is 7.77. The van der Waals surface area contributed by atoms with Gasteiger partial charge in [-0.3, -0.25) is 14.4 Å². The number of aliphatic hydroxyl groups excluding tert-OH is 1. The van der Waals surface area contributed by atoms with Gasteiger partial charge in [-0.15, -0.1) is 0 Å². The molecular weight excluding hydrogens is 552 g/mol. The van der Waals surface area contributed by atoms with Gasteiger partial charge in [0.15, 0.2) is 5.69 Å². The van der Waals surface area contributed by atoms with Crippen LogP contribution in [0.3, 0.4) is 0 Å². The molecule has 0 spiro atoms. The highest BCUT2D eigenvalue weighted by Gasteiger charge is 2.32. The van der Waals surface area contributed by atoms with Crippen molar-refractivity contribution in [3.05, 3.63) is 42.2 Å². The number of aromatic nitrogens is 4. The summed E-state index contributed by atoms with van der Waals surface area (Å²) < 4.78 is 13.1. The summed E-state index contributed by atoms with van der Waals surface area (Å²) in [7, 11) is 0. The van der Waals surface area contributed by atoms with E-state index in [4.69, 9.17) is 9.15 Å². The van der Waals surface area contributed by atoms with Gasteiger partial charge in [-0.05, 0) is 97.1 Å². The Balaban J connectivity index is 1.33. The number of hydrogen-bond acceptors (Lipinski definition) is 9. The minimum Gasteiger partial charge on any atom is -0.444 e. The molecule has 5 rings (SSSR count). The van der Waals surface area contributed by atoms with Crippen molar-refractivity contribution in [1.29, 1.82) is 0 Å². The van der Waals surface area contributed by atoms with Crippen LogP contribution in [0.25, 0.3) is 11.5 Å². The number of nitrogens with one attached hydrogen (secondary N) is 1. The lowest BCUT2D eigenvalue weighted by Gasteiger charge is -2.27. The third kappa shape index (κ3) is 7.61. The zero-order valence-corrected chi connectivity index (χ0v) is 25.5. The number of carbonyl (C=O) groups is 2. The number of anilines is 2. The normalized spacial score (nSPS) is 19.2. The lowest BCUT2D eigenvalue weighted by molar-refractivity contribution is 0.0577. The Morgan fingerprint density at radius 1 is 1.12 bits per heavy atom. The van der Waals surface area contributed by atoms with Crippen LogP contribution >= 0.6 is 0 Å². The Labute approximate surface area is 251 Å². The topological polar surface area (TPSA) is 156 Å². The van der Waals surface area contributed by atoms with Crippen molar-refractivity contribution in [3.63, 3.8) is 0 Å². The van der Waals surface area contributed by atoms with E-state index in [9.17, 15) is 19.8 Å². The molecule has 43 heavy (non-hydrogen) atoms. The van der Waals surface area contributed by atoms with Gasteiger partial charge >= 0.3 is 6.09 Å². The highest BCUT2D eigenvalue weighted by atomic mass is 16.6. The van der Waals surface area contributed by atoms with Gasteiger partial charge in [-0.1, -0.05) is 0 Å².